The summed E-state index contributed by atoms with van der Waals surface area (Å²) in [6.07, 6.45) is -0.698. The predicted molar refractivity (Wildman–Crippen MR) is 110 cm³/mol. The van der Waals surface area contributed by atoms with Crippen molar-refractivity contribution in [3.05, 3.63) is 20.0 Å². The fourth-order valence-electron chi connectivity index (χ4n) is 2.90. The Bertz CT molecular complexity index is 1040. The molecule has 2 aromatic heterocycles. The summed E-state index contributed by atoms with van der Waals surface area (Å²) in [4.78, 5) is 30.7. The van der Waals surface area contributed by atoms with E-state index >= 15 is 0 Å². The van der Waals surface area contributed by atoms with E-state index in [4.69, 9.17) is 14.9 Å². The molecule has 3 N–H and O–H groups in total. The lowest BCUT2D eigenvalue weighted by Gasteiger charge is -2.36. The highest BCUT2D eigenvalue weighted by molar-refractivity contribution is 7.16. The number of hydrogen-bond donors (Lipinski definition) is 2. The van der Waals surface area contributed by atoms with Crippen LogP contribution in [0, 0.1) is 17.2 Å². The fraction of sp³-hybridized carbons (Fsp3) is 0.647. The summed E-state index contributed by atoms with van der Waals surface area (Å²) in [5.74, 6) is -0.640. The van der Waals surface area contributed by atoms with Crippen LogP contribution in [0.4, 0.5) is 5.95 Å². The first-order chi connectivity index (χ1) is 12.9. The Hall–Kier alpha value is -2.00. The van der Waals surface area contributed by atoms with Gasteiger partial charge in [-0.15, -0.1) is 0 Å². The summed E-state index contributed by atoms with van der Waals surface area (Å²) in [6.45, 7) is 11.1. The standard InChI is InChI=1S/C17H25N5O4SSi/c1-17(2,3)28(4,5)25-8-10-6-9(7-18)14(26-10)22-12-11(27-16(22)24)13(23)21-15(19)20-12/h9-10,14H,6,8H2,1-5H3,(H3,19,20,21,23). The number of nitriles is 1. The Morgan fingerprint density at radius 1 is 1.46 bits per heavy atom. The highest BCUT2D eigenvalue weighted by atomic mass is 32.1. The summed E-state index contributed by atoms with van der Waals surface area (Å²) < 4.78 is 13.7. The Labute approximate surface area is 167 Å². The average Bonchev–Trinajstić information content (AvgIpc) is 3.12. The average molecular weight is 424 g/mol. The molecule has 1 aliphatic heterocycles. The number of H-pyrrole nitrogens is 1. The molecule has 3 unspecified atom stereocenters. The topological polar surface area (TPSA) is 136 Å². The van der Waals surface area contributed by atoms with Gasteiger partial charge in [-0.05, 0) is 24.6 Å². The summed E-state index contributed by atoms with van der Waals surface area (Å²) in [7, 11) is -1.97. The number of nitrogens with one attached hydrogen (secondary N) is 1. The normalized spacial score (nSPS) is 23.2. The molecule has 3 rings (SSSR count). The van der Waals surface area contributed by atoms with E-state index in [1.165, 1.54) is 4.57 Å². The molecule has 0 bridgehead atoms. The Balaban J connectivity index is 1.89. The molecular formula is C17H25N5O4SSi. The van der Waals surface area contributed by atoms with Crippen LogP contribution in [0.5, 0.6) is 0 Å². The van der Waals surface area contributed by atoms with Gasteiger partial charge in [0.05, 0.1) is 24.7 Å². The van der Waals surface area contributed by atoms with Crippen LogP contribution in [-0.2, 0) is 9.16 Å². The molecule has 0 aromatic carbocycles. The van der Waals surface area contributed by atoms with Gasteiger partial charge in [-0.3, -0.25) is 19.1 Å². The molecule has 0 amide bonds. The van der Waals surface area contributed by atoms with Crippen molar-refractivity contribution in [2.24, 2.45) is 5.92 Å². The van der Waals surface area contributed by atoms with E-state index in [0.717, 1.165) is 11.3 Å². The third kappa shape index (κ3) is 3.65. The summed E-state index contributed by atoms with van der Waals surface area (Å²) in [5, 5.41) is 9.65. The number of anilines is 1. The Morgan fingerprint density at radius 2 is 2.14 bits per heavy atom. The highest BCUT2D eigenvalue weighted by Gasteiger charge is 2.42. The van der Waals surface area contributed by atoms with E-state index in [9.17, 15) is 14.9 Å². The number of hydrogen-bond acceptors (Lipinski definition) is 8. The second-order valence-corrected chi connectivity index (χ2v) is 14.3. The van der Waals surface area contributed by atoms with Crippen molar-refractivity contribution in [1.29, 1.82) is 5.26 Å². The molecule has 1 aliphatic rings. The van der Waals surface area contributed by atoms with Gasteiger partial charge in [0.25, 0.3) is 5.56 Å². The van der Waals surface area contributed by atoms with Gasteiger partial charge in [0, 0.05) is 0 Å². The van der Waals surface area contributed by atoms with Crippen LogP contribution in [0.3, 0.4) is 0 Å². The van der Waals surface area contributed by atoms with E-state index in [1.807, 2.05) is 0 Å². The van der Waals surface area contributed by atoms with Gasteiger partial charge < -0.3 is 14.9 Å². The summed E-state index contributed by atoms with van der Waals surface area (Å²) in [6, 6.07) is 2.21. The Kier molecular flexibility index (Phi) is 5.26. The number of nitrogen functional groups attached to an aromatic ring is 1. The van der Waals surface area contributed by atoms with Gasteiger partial charge in [-0.1, -0.05) is 32.1 Å². The second-order valence-electron chi connectivity index (χ2n) is 8.53. The van der Waals surface area contributed by atoms with Gasteiger partial charge in [0.2, 0.25) is 5.95 Å². The fourth-order valence-corrected chi connectivity index (χ4v) is 4.78. The van der Waals surface area contributed by atoms with E-state index in [0.29, 0.717) is 13.0 Å². The van der Waals surface area contributed by atoms with E-state index in [-0.39, 0.29) is 27.4 Å². The molecule has 0 saturated carbocycles. The first-order valence-electron chi connectivity index (χ1n) is 9.04. The van der Waals surface area contributed by atoms with E-state index < -0.39 is 30.9 Å². The molecule has 1 saturated heterocycles. The minimum Gasteiger partial charge on any atom is -0.414 e. The Morgan fingerprint density at radius 3 is 2.75 bits per heavy atom. The van der Waals surface area contributed by atoms with Crippen molar-refractivity contribution in [3.8, 4) is 6.07 Å². The largest absolute Gasteiger partial charge is 0.414 e. The first kappa shape index (κ1) is 20.7. The van der Waals surface area contributed by atoms with Crippen molar-refractivity contribution in [2.45, 2.75) is 57.7 Å². The SMILES string of the molecule is CC(C)(C)[Si](C)(C)OCC1CC(C#N)C(n2c(=O)sc3c(=O)[nH]c(N)nc32)O1. The monoisotopic (exact) mass is 423 g/mol. The minimum atomic E-state index is -1.97. The zero-order valence-electron chi connectivity index (χ0n) is 16.6. The number of nitrogens with zero attached hydrogens (tertiary/aromatic N) is 3. The van der Waals surface area contributed by atoms with Crippen molar-refractivity contribution in [2.75, 3.05) is 12.3 Å². The van der Waals surface area contributed by atoms with Gasteiger partial charge >= 0.3 is 4.87 Å². The minimum absolute atomic E-state index is 0.0581. The van der Waals surface area contributed by atoms with Crippen LogP contribution in [0.25, 0.3) is 10.3 Å². The van der Waals surface area contributed by atoms with Crippen molar-refractivity contribution in [1.82, 2.24) is 14.5 Å². The lowest BCUT2D eigenvalue weighted by atomic mass is 10.1. The van der Waals surface area contributed by atoms with Crippen molar-refractivity contribution >= 4 is 35.9 Å². The lowest BCUT2D eigenvalue weighted by Crippen LogP contribution is -2.42. The molecule has 0 spiro atoms. The number of rotatable bonds is 4. The number of aromatic amines is 1. The summed E-state index contributed by atoms with van der Waals surface area (Å²) >= 11 is 0.767. The molecule has 11 heteroatoms. The molecule has 3 atom stereocenters. The van der Waals surface area contributed by atoms with Crippen LogP contribution >= 0.6 is 11.3 Å². The van der Waals surface area contributed by atoms with Gasteiger partial charge in [0.15, 0.2) is 20.2 Å². The third-order valence-corrected chi connectivity index (χ3v) is 11.0. The van der Waals surface area contributed by atoms with Crippen molar-refractivity contribution in [3.63, 3.8) is 0 Å². The van der Waals surface area contributed by atoms with E-state index in [1.54, 1.807) is 0 Å². The van der Waals surface area contributed by atoms with Crippen LogP contribution in [-0.4, -0.2) is 35.6 Å². The van der Waals surface area contributed by atoms with Gasteiger partial charge in [-0.25, -0.2) is 0 Å². The molecular weight excluding hydrogens is 398 g/mol. The number of nitrogens with two attached hydrogens (primary N) is 1. The molecule has 0 radical (unpaired) electrons. The van der Waals surface area contributed by atoms with Crippen LogP contribution < -0.4 is 16.2 Å². The zero-order valence-corrected chi connectivity index (χ0v) is 18.4. The number of fused-ring (bicyclic) bond motifs is 1. The molecule has 2 aromatic rings. The maximum Gasteiger partial charge on any atom is 0.311 e. The molecule has 0 aliphatic carbocycles. The van der Waals surface area contributed by atoms with Crippen LogP contribution in [0.1, 0.15) is 33.4 Å². The molecule has 1 fully saturated rings. The lowest BCUT2D eigenvalue weighted by molar-refractivity contribution is -0.0248. The zero-order chi connectivity index (χ0) is 20.9. The smallest absolute Gasteiger partial charge is 0.311 e. The molecule has 28 heavy (non-hydrogen) atoms. The first-order valence-corrected chi connectivity index (χ1v) is 12.8. The summed E-state index contributed by atoms with van der Waals surface area (Å²) in [5.41, 5.74) is 5.30. The second kappa shape index (κ2) is 7.11. The highest BCUT2D eigenvalue weighted by Crippen LogP contribution is 2.39. The maximum absolute atomic E-state index is 12.5. The third-order valence-electron chi connectivity index (χ3n) is 5.54. The number of aromatic nitrogens is 3. The van der Waals surface area contributed by atoms with Crippen LogP contribution in [0.15, 0.2) is 9.59 Å². The van der Waals surface area contributed by atoms with Crippen LogP contribution in [0.2, 0.25) is 18.1 Å². The predicted octanol–water partition coefficient (Wildman–Crippen LogP) is 2.18. The maximum atomic E-state index is 12.5. The molecule has 9 nitrogen and oxygen atoms in total. The number of thiazole rings is 1. The number of ether oxygens (including phenoxy) is 1. The van der Waals surface area contributed by atoms with Crippen molar-refractivity contribution < 1.29 is 9.16 Å². The van der Waals surface area contributed by atoms with Gasteiger partial charge in [0.1, 0.15) is 4.70 Å². The molecule has 152 valence electrons. The van der Waals surface area contributed by atoms with E-state index in [2.05, 4.69) is 49.9 Å². The van der Waals surface area contributed by atoms with Gasteiger partial charge in [-0.2, -0.15) is 10.2 Å². The quantitative estimate of drug-likeness (QED) is 0.719. The molecule has 3 heterocycles.